The molecule has 0 unspecified atom stereocenters. The van der Waals surface area contributed by atoms with E-state index in [0.29, 0.717) is 12.2 Å². The van der Waals surface area contributed by atoms with Crippen molar-refractivity contribution < 1.29 is 14.3 Å². The first-order valence-corrected chi connectivity index (χ1v) is 20.7. The summed E-state index contributed by atoms with van der Waals surface area (Å²) in [4.78, 5) is 12.4. The van der Waals surface area contributed by atoms with Crippen molar-refractivity contribution in [1.82, 2.24) is 0 Å². The van der Waals surface area contributed by atoms with Crippen LogP contribution in [0.2, 0.25) is 0 Å². The average molecular weight is 643 g/mol. The quantitative estimate of drug-likeness (QED) is 0.0539. The van der Waals surface area contributed by atoms with Crippen LogP contribution in [-0.4, -0.2) is 19.2 Å². The molecule has 0 saturated carbocycles. The SMILES string of the molecule is CCCCCCCCCCCCCCCCCCOC(=O)c1ccc(OCCCCCCCCCCCCCCCCCC)cc1. The van der Waals surface area contributed by atoms with Gasteiger partial charge in [0.15, 0.2) is 0 Å². The van der Waals surface area contributed by atoms with Gasteiger partial charge in [-0.05, 0) is 37.1 Å². The summed E-state index contributed by atoms with van der Waals surface area (Å²) in [6, 6.07) is 7.47. The van der Waals surface area contributed by atoms with E-state index in [1.165, 1.54) is 186 Å². The van der Waals surface area contributed by atoms with E-state index >= 15 is 0 Å². The minimum atomic E-state index is -0.217. The smallest absolute Gasteiger partial charge is 0.338 e. The zero-order valence-corrected chi connectivity index (χ0v) is 31.1. The highest BCUT2D eigenvalue weighted by atomic mass is 16.5. The van der Waals surface area contributed by atoms with Crippen molar-refractivity contribution in [3.05, 3.63) is 29.8 Å². The van der Waals surface area contributed by atoms with E-state index in [1.807, 2.05) is 24.3 Å². The second-order valence-corrected chi connectivity index (χ2v) is 14.1. The Morgan fingerprint density at radius 3 is 1.00 bits per heavy atom. The predicted octanol–water partition coefficient (Wildman–Crippen LogP) is 14.7. The maximum atomic E-state index is 12.4. The molecule has 0 bridgehead atoms. The second kappa shape index (κ2) is 34.8. The van der Waals surface area contributed by atoms with Crippen LogP contribution in [0.1, 0.15) is 230 Å². The fourth-order valence-electron chi connectivity index (χ4n) is 6.43. The van der Waals surface area contributed by atoms with Crippen LogP contribution < -0.4 is 4.74 Å². The number of esters is 1. The Morgan fingerprint density at radius 2 is 0.674 bits per heavy atom. The van der Waals surface area contributed by atoms with Gasteiger partial charge in [0.1, 0.15) is 5.75 Å². The van der Waals surface area contributed by atoms with Gasteiger partial charge >= 0.3 is 5.97 Å². The molecule has 3 nitrogen and oxygen atoms in total. The number of ether oxygens (including phenoxy) is 2. The number of carbonyl (C=O) groups is 1. The van der Waals surface area contributed by atoms with Gasteiger partial charge in [-0.1, -0.05) is 206 Å². The maximum Gasteiger partial charge on any atom is 0.338 e. The molecule has 0 fully saturated rings. The molecule has 0 N–H and O–H groups in total. The Morgan fingerprint density at radius 1 is 0.391 bits per heavy atom. The Hall–Kier alpha value is -1.51. The molecule has 0 atom stereocenters. The summed E-state index contributed by atoms with van der Waals surface area (Å²) in [5.41, 5.74) is 0.617. The van der Waals surface area contributed by atoms with Crippen LogP contribution in [0.15, 0.2) is 24.3 Å². The third-order valence-electron chi connectivity index (χ3n) is 9.59. The summed E-state index contributed by atoms with van der Waals surface area (Å²) in [5, 5.41) is 0. The minimum Gasteiger partial charge on any atom is -0.494 e. The Balaban J connectivity index is 1.85. The predicted molar refractivity (Wildman–Crippen MR) is 201 cm³/mol. The van der Waals surface area contributed by atoms with Crippen LogP contribution in [0.5, 0.6) is 5.75 Å². The fourth-order valence-corrected chi connectivity index (χ4v) is 6.43. The molecule has 46 heavy (non-hydrogen) atoms. The highest BCUT2D eigenvalue weighted by Gasteiger charge is 2.07. The van der Waals surface area contributed by atoms with Gasteiger partial charge in [-0.3, -0.25) is 0 Å². The molecule has 0 aliphatic rings. The Bertz CT molecular complexity index is 743. The summed E-state index contributed by atoms with van der Waals surface area (Å²) < 4.78 is 11.4. The minimum absolute atomic E-state index is 0.217. The molecule has 0 spiro atoms. The standard InChI is InChI=1S/C43H78O3/c1-3-5-7-9-11-13-15-17-19-21-23-25-27-29-31-33-39-45-42-37-35-41(36-38-42)43(44)46-40-34-32-30-28-26-24-22-20-18-16-14-12-10-8-6-4-2/h35-38H,3-34,39-40H2,1-2H3. The van der Waals surface area contributed by atoms with E-state index in [-0.39, 0.29) is 5.97 Å². The molecule has 0 amide bonds. The van der Waals surface area contributed by atoms with E-state index in [0.717, 1.165) is 31.6 Å². The lowest BCUT2D eigenvalue weighted by atomic mass is 10.0. The molecule has 1 aromatic rings. The van der Waals surface area contributed by atoms with E-state index in [1.54, 1.807) is 0 Å². The number of unbranched alkanes of at least 4 members (excludes halogenated alkanes) is 30. The van der Waals surface area contributed by atoms with Crippen molar-refractivity contribution >= 4 is 5.97 Å². The highest BCUT2D eigenvalue weighted by molar-refractivity contribution is 5.89. The number of benzene rings is 1. The van der Waals surface area contributed by atoms with Gasteiger partial charge in [-0.25, -0.2) is 4.79 Å². The molecule has 0 aliphatic carbocycles. The number of hydrogen-bond acceptors (Lipinski definition) is 3. The third-order valence-corrected chi connectivity index (χ3v) is 9.59. The molecule has 0 aliphatic heterocycles. The van der Waals surface area contributed by atoms with Crippen LogP contribution in [0.3, 0.4) is 0 Å². The molecular weight excluding hydrogens is 564 g/mol. The highest BCUT2D eigenvalue weighted by Crippen LogP contribution is 2.17. The fraction of sp³-hybridized carbons (Fsp3) is 0.837. The zero-order valence-electron chi connectivity index (χ0n) is 31.1. The van der Waals surface area contributed by atoms with Gasteiger partial charge in [-0.15, -0.1) is 0 Å². The molecule has 1 aromatic carbocycles. The van der Waals surface area contributed by atoms with Crippen LogP contribution in [0.25, 0.3) is 0 Å². The molecular formula is C43H78O3. The number of carbonyl (C=O) groups excluding carboxylic acids is 1. The summed E-state index contributed by atoms with van der Waals surface area (Å²) in [6.07, 6.45) is 43.7. The molecule has 1 rings (SSSR count). The Kier molecular flexibility index (Phi) is 32.2. The lowest BCUT2D eigenvalue weighted by Crippen LogP contribution is -2.06. The first-order chi connectivity index (χ1) is 22.8. The van der Waals surface area contributed by atoms with Crippen LogP contribution in [0.4, 0.5) is 0 Å². The first kappa shape index (κ1) is 42.5. The van der Waals surface area contributed by atoms with Crippen molar-refractivity contribution in [3.8, 4) is 5.75 Å². The van der Waals surface area contributed by atoms with Crippen molar-refractivity contribution in [2.75, 3.05) is 13.2 Å². The molecule has 3 heteroatoms. The van der Waals surface area contributed by atoms with Gasteiger partial charge in [0.2, 0.25) is 0 Å². The lowest BCUT2D eigenvalue weighted by molar-refractivity contribution is 0.0497. The normalized spacial score (nSPS) is 11.3. The molecule has 0 saturated heterocycles. The summed E-state index contributed by atoms with van der Waals surface area (Å²) in [7, 11) is 0. The monoisotopic (exact) mass is 643 g/mol. The molecule has 0 radical (unpaired) electrons. The Labute approximate surface area is 287 Å². The summed E-state index contributed by atoms with van der Waals surface area (Å²) >= 11 is 0. The number of hydrogen-bond donors (Lipinski definition) is 0. The van der Waals surface area contributed by atoms with E-state index in [4.69, 9.17) is 9.47 Å². The van der Waals surface area contributed by atoms with Crippen LogP contribution >= 0.6 is 0 Å². The second-order valence-electron chi connectivity index (χ2n) is 14.1. The van der Waals surface area contributed by atoms with E-state index < -0.39 is 0 Å². The summed E-state index contributed by atoms with van der Waals surface area (Å²) in [6.45, 7) is 5.85. The van der Waals surface area contributed by atoms with Crippen molar-refractivity contribution in [3.63, 3.8) is 0 Å². The number of rotatable bonds is 36. The third kappa shape index (κ3) is 28.7. The van der Waals surface area contributed by atoms with Crippen LogP contribution in [-0.2, 0) is 4.74 Å². The summed E-state index contributed by atoms with van der Waals surface area (Å²) in [5.74, 6) is 0.626. The van der Waals surface area contributed by atoms with Gasteiger partial charge in [0.25, 0.3) is 0 Å². The van der Waals surface area contributed by atoms with E-state index in [2.05, 4.69) is 13.8 Å². The maximum absolute atomic E-state index is 12.4. The van der Waals surface area contributed by atoms with Gasteiger partial charge in [-0.2, -0.15) is 0 Å². The van der Waals surface area contributed by atoms with Gasteiger partial charge in [0, 0.05) is 0 Å². The zero-order chi connectivity index (χ0) is 33.0. The first-order valence-electron chi connectivity index (χ1n) is 20.7. The van der Waals surface area contributed by atoms with Crippen molar-refractivity contribution in [1.29, 1.82) is 0 Å². The average Bonchev–Trinajstić information content (AvgIpc) is 3.07. The van der Waals surface area contributed by atoms with Crippen molar-refractivity contribution in [2.24, 2.45) is 0 Å². The van der Waals surface area contributed by atoms with E-state index in [9.17, 15) is 4.79 Å². The lowest BCUT2D eigenvalue weighted by Gasteiger charge is -2.08. The van der Waals surface area contributed by atoms with Crippen LogP contribution in [0, 0.1) is 0 Å². The van der Waals surface area contributed by atoms with Gasteiger partial charge in [0.05, 0.1) is 18.8 Å². The van der Waals surface area contributed by atoms with Gasteiger partial charge < -0.3 is 9.47 Å². The largest absolute Gasteiger partial charge is 0.494 e. The molecule has 0 aromatic heterocycles. The topological polar surface area (TPSA) is 35.5 Å². The van der Waals surface area contributed by atoms with Crippen molar-refractivity contribution in [2.45, 2.75) is 219 Å². The molecule has 268 valence electrons. The molecule has 0 heterocycles.